The van der Waals surface area contributed by atoms with Crippen molar-refractivity contribution in [2.24, 2.45) is 0 Å². The number of carbonyl (C=O) groups excluding carboxylic acids is 1. The molecule has 0 bridgehead atoms. The van der Waals surface area contributed by atoms with Crippen LogP contribution in [-0.2, 0) is 0 Å². The van der Waals surface area contributed by atoms with Gasteiger partial charge in [-0.1, -0.05) is 42.7 Å². The molecule has 1 fully saturated rings. The van der Waals surface area contributed by atoms with Gasteiger partial charge in [-0.05, 0) is 50.6 Å². The molecule has 1 atom stereocenters. The summed E-state index contributed by atoms with van der Waals surface area (Å²) in [6.45, 7) is 4.74. The van der Waals surface area contributed by atoms with Gasteiger partial charge in [0.15, 0.2) is 11.5 Å². The SMILES string of the molecule is COc1cc(C(=O)NC[C@H](c2ccc(C)cc2)N2CCCCCC2)cc(OC)c1OC. The van der Waals surface area contributed by atoms with Crippen LogP contribution in [-0.4, -0.2) is 51.8 Å². The molecule has 0 spiro atoms. The third-order valence-corrected chi connectivity index (χ3v) is 5.93. The van der Waals surface area contributed by atoms with Crippen LogP contribution in [0, 0.1) is 6.92 Å². The van der Waals surface area contributed by atoms with Crippen LogP contribution in [0.15, 0.2) is 36.4 Å². The number of rotatable bonds is 8. The van der Waals surface area contributed by atoms with Crippen LogP contribution in [0.2, 0.25) is 0 Å². The van der Waals surface area contributed by atoms with Gasteiger partial charge in [-0.15, -0.1) is 0 Å². The van der Waals surface area contributed by atoms with Gasteiger partial charge < -0.3 is 19.5 Å². The van der Waals surface area contributed by atoms with Crippen molar-refractivity contribution in [2.45, 2.75) is 38.6 Å². The van der Waals surface area contributed by atoms with Gasteiger partial charge in [0.25, 0.3) is 5.91 Å². The number of aryl methyl sites for hydroxylation is 1. The number of ether oxygens (including phenoxy) is 3. The quantitative estimate of drug-likeness (QED) is 0.679. The molecule has 1 saturated heterocycles. The Labute approximate surface area is 185 Å². The van der Waals surface area contributed by atoms with E-state index in [1.54, 1.807) is 33.5 Å². The molecule has 168 valence electrons. The second-order valence-electron chi connectivity index (χ2n) is 8.00. The zero-order valence-corrected chi connectivity index (χ0v) is 19.1. The maximum atomic E-state index is 13.0. The molecule has 0 aliphatic carbocycles. The lowest BCUT2D eigenvalue weighted by Gasteiger charge is -2.31. The number of methoxy groups -OCH3 is 3. The summed E-state index contributed by atoms with van der Waals surface area (Å²) >= 11 is 0. The van der Waals surface area contributed by atoms with E-state index in [2.05, 4.69) is 41.4 Å². The first-order valence-electron chi connectivity index (χ1n) is 11.0. The lowest BCUT2D eigenvalue weighted by molar-refractivity contribution is 0.0932. The predicted molar refractivity (Wildman–Crippen MR) is 122 cm³/mol. The average molecular weight is 427 g/mol. The zero-order valence-electron chi connectivity index (χ0n) is 19.1. The number of amides is 1. The molecular formula is C25H34N2O4. The average Bonchev–Trinajstić information content (AvgIpc) is 3.08. The van der Waals surface area contributed by atoms with Crippen molar-refractivity contribution in [1.82, 2.24) is 10.2 Å². The number of hydrogen-bond acceptors (Lipinski definition) is 5. The van der Waals surface area contributed by atoms with E-state index in [1.807, 2.05) is 0 Å². The minimum atomic E-state index is -0.161. The van der Waals surface area contributed by atoms with E-state index in [-0.39, 0.29) is 11.9 Å². The van der Waals surface area contributed by atoms with Crippen molar-refractivity contribution >= 4 is 5.91 Å². The van der Waals surface area contributed by atoms with E-state index >= 15 is 0 Å². The second kappa shape index (κ2) is 11.0. The molecule has 0 radical (unpaired) electrons. The lowest BCUT2D eigenvalue weighted by Crippen LogP contribution is -2.38. The molecule has 3 rings (SSSR count). The lowest BCUT2D eigenvalue weighted by atomic mass is 10.0. The van der Waals surface area contributed by atoms with Crippen LogP contribution in [0.4, 0.5) is 0 Å². The summed E-state index contributed by atoms with van der Waals surface area (Å²) in [4.78, 5) is 15.5. The number of nitrogens with one attached hydrogen (secondary N) is 1. The summed E-state index contributed by atoms with van der Waals surface area (Å²) in [5.41, 5.74) is 2.95. The van der Waals surface area contributed by atoms with Crippen molar-refractivity contribution in [3.63, 3.8) is 0 Å². The number of likely N-dealkylation sites (tertiary alicyclic amines) is 1. The Morgan fingerprint density at radius 3 is 2.03 bits per heavy atom. The zero-order chi connectivity index (χ0) is 22.2. The second-order valence-corrected chi connectivity index (χ2v) is 8.00. The van der Waals surface area contributed by atoms with Gasteiger partial charge in [0, 0.05) is 12.1 Å². The van der Waals surface area contributed by atoms with Crippen LogP contribution in [0.25, 0.3) is 0 Å². The van der Waals surface area contributed by atoms with E-state index in [0.717, 1.165) is 13.1 Å². The van der Waals surface area contributed by atoms with Gasteiger partial charge in [-0.3, -0.25) is 9.69 Å². The fourth-order valence-electron chi connectivity index (χ4n) is 4.16. The highest BCUT2D eigenvalue weighted by molar-refractivity contribution is 5.95. The van der Waals surface area contributed by atoms with Gasteiger partial charge in [0.2, 0.25) is 5.75 Å². The molecule has 0 saturated carbocycles. The van der Waals surface area contributed by atoms with Crippen molar-refractivity contribution in [3.8, 4) is 17.2 Å². The first-order chi connectivity index (χ1) is 15.1. The van der Waals surface area contributed by atoms with Gasteiger partial charge in [-0.25, -0.2) is 0 Å². The van der Waals surface area contributed by atoms with Gasteiger partial charge in [0.1, 0.15) is 0 Å². The summed E-state index contributed by atoms with van der Waals surface area (Å²) in [7, 11) is 4.64. The summed E-state index contributed by atoms with van der Waals surface area (Å²) in [5, 5.41) is 3.14. The number of carbonyl (C=O) groups is 1. The molecule has 1 aliphatic heterocycles. The van der Waals surface area contributed by atoms with E-state index in [4.69, 9.17) is 14.2 Å². The Kier molecular flexibility index (Phi) is 8.18. The van der Waals surface area contributed by atoms with Crippen LogP contribution >= 0.6 is 0 Å². The van der Waals surface area contributed by atoms with Crippen molar-refractivity contribution < 1.29 is 19.0 Å². The largest absolute Gasteiger partial charge is 0.493 e. The molecule has 1 N–H and O–H groups in total. The smallest absolute Gasteiger partial charge is 0.251 e. The van der Waals surface area contributed by atoms with Crippen molar-refractivity contribution in [1.29, 1.82) is 0 Å². The van der Waals surface area contributed by atoms with E-state index in [0.29, 0.717) is 29.4 Å². The van der Waals surface area contributed by atoms with E-state index in [1.165, 1.54) is 36.8 Å². The minimum absolute atomic E-state index is 0.143. The monoisotopic (exact) mass is 426 g/mol. The third kappa shape index (κ3) is 5.70. The fourth-order valence-corrected chi connectivity index (χ4v) is 4.16. The molecule has 1 aliphatic rings. The normalized spacial score (nSPS) is 15.6. The maximum Gasteiger partial charge on any atom is 0.251 e. The van der Waals surface area contributed by atoms with Crippen molar-refractivity contribution in [3.05, 3.63) is 53.1 Å². The van der Waals surface area contributed by atoms with E-state index < -0.39 is 0 Å². The number of nitrogens with zero attached hydrogens (tertiary/aromatic N) is 1. The first-order valence-corrected chi connectivity index (χ1v) is 11.0. The topological polar surface area (TPSA) is 60.0 Å². The van der Waals surface area contributed by atoms with Crippen LogP contribution in [0.1, 0.15) is 53.2 Å². The van der Waals surface area contributed by atoms with Gasteiger partial charge in [0.05, 0.1) is 27.4 Å². The Bertz CT molecular complexity index is 833. The highest BCUT2D eigenvalue weighted by Crippen LogP contribution is 2.38. The number of hydrogen-bond donors (Lipinski definition) is 1. The predicted octanol–water partition coefficient (Wildman–Crippen LogP) is 4.37. The summed E-state index contributed by atoms with van der Waals surface area (Å²) in [6, 6.07) is 12.1. The molecule has 2 aromatic carbocycles. The van der Waals surface area contributed by atoms with Crippen LogP contribution in [0.5, 0.6) is 17.2 Å². The third-order valence-electron chi connectivity index (χ3n) is 5.93. The molecule has 2 aromatic rings. The molecule has 31 heavy (non-hydrogen) atoms. The van der Waals surface area contributed by atoms with E-state index in [9.17, 15) is 4.79 Å². The molecule has 1 heterocycles. The maximum absolute atomic E-state index is 13.0. The van der Waals surface area contributed by atoms with Gasteiger partial charge >= 0.3 is 0 Å². The van der Waals surface area contributed by atoms with Crippen molar-refractivity contribution in [2.75, 3.05) is 41.0 Å². The molecule has 6 heteroatoms. The summed E-state index contributed by atoms with van der Waals surface area (Å²) in [6.07, 6.45) is 4.94. The summed E-state index contributed by atoms with van der Waals surface area (Å²) < 4.78 is 16.1. The molecule has 6 nitrogen and oxygen atoms in total. The Morgan fingerprint density at radius 2 is 1.52 bits per heavy atom. The van der Waals surface area contributed by atoms with Crippen LogP contribution < -0.4 is 19.5 Å². The van der Waals surface area contributed by atoms with Gasteiger partial charge in [-0.2, -0.15) is 0 Å². The Balaban J connectivity index is 1.80. The Morgan fingerprint density at radius 1 is 0.935 bits per heavy atom. The summed E-state index contributed by atoms with van der Waals surface area (Å²) in [5.74, 6) is 1.25. The highest BCUT2D eigenvalue weighted by Gasteiger charge is 2.23. The molecule has 0 aromatic heterocycles. The molecule has 1 amide bonds. The van der Waals surface area contributed by atoms with Crippen LogP contribution in [0.3, 0.4) is 0 Å². The fraction of sp³-hybridized carbons (Fsp3) is 0.480. The standard InChI is InChI=1S/C25H34N2O4/c1-18-9-11-19(12-10-18)21(27-13-7-5-6-8-14-27)17-26-25(28)20-15-22(29-2)24(31-4)23(16-20)30-3/h9-12,15-16,21H,5-8,13-14,17H2,1-4H3,(H,26,28)/t21-/m1/s1. The first kappa shape index (κ1) is 22.9. The molecule has 0 unspecified atom stereocenters. The minimum Gasteiger partial charge on any atom is -0.493 e. The Hall–Kier alpha value is -2.73. The number of benzene rings is 2. The molecular weight excluding hydrogens is 392 g/mol. The highest BCUT2D eigenvalue weighted by atomic mass is 16.5.